The fourth-order valence-electron chi connectivity index (χ4n) is 1.94. The number of nitrogens with zero attached hydrogens (tertiary/aromatic N) is 2. The van der Waals surface area contributed by atoms with Gasteiger partial charge < -0.3 is 21.6 Å². The highest BCUT2D eigenvalue weighted by atomic mass is 16.4. The predicted octanol–water partition coefficient (Wildman–Crippen LogP) is 1.39. The van der Waals surface area contributed by atoms with Gasteiger partial charge in [-0.2, -0.15) is 0 Å². The standard InChI is InChI=1S/C15H18N4O2.CH4N2/c16-7-1-4-13(15(20)21)17-8-2-3-11-5-6-12-14(9-11)19-10-18-12;2-1-3/h2-3,5-6,8-10,13H,1,4,7,16H2,(H,18,19)(H,20,21);1H,(H3,2,3)/b3-2+,17-8?;. The van der Waals surface area contributed by atoms with Crippen molar-refractivity contribution in [3.05, 3.63) is 36.2 Å². The maximum absolute atomic E-state index is 11.0. The van der Waals surface area contributed by atoms with E-state index in [0.717, 1.165) is 22.9 Å². The molecule has 8 nitrogen and oxygen atoms in total. The first-order valence-electron chi connectivity index (χ1n) is 7.39. The van der Waals surface area contributed by atoms with Gasteiger partial charge in [0, 0.05) is 6.21 Å². The molecular formula is C16H22N6O2. The number of H-pyrrole nitrogens is 1. The maximum atomic E-state index is 11.0. The van der Waals surface area contributed by atoms with Gasteiger partial charge in [-0.05, 0) is 43.2 Å². The van der Waals surface area contributed by atoms with E-state index in [4.69, 9.17) is 16.2 Å². The number of aromatic nitrogens is 2. The molecule has 0 saturated carbocycles. The van der Waals surface area contributed by atoms with E-state index < -0.39 is 12.0 Å². The molecule has 0 radical (unpaired) electrons. The van der Waals surface area contributed by atoms with Gasteiger partial charge in [0.1, 0.15) is 6.04 Å². The molecule has 7 N–H and O–H groups in total. The summed E-state index contributed by atoms with van der Waals surface area (Å²) >= 11 is 0. The fourth-order valence-corrected chi connectivity index (χ4v) is 1.94. The Morgan fingerprint density at radius 3 is 2.92 bits per heavy atom. The largest absolute Gasteiger partial charge is 0.480 e. The van der Waals surface area contributed by atoms with Crippen molar-refractivity contribution >= 4 is 35.6 Å². The highest BCUT2D eigenvalue weighted by Gasteiger charge is 2.13. The van der Waals surface area contributed by atoms with Gasteiger partial charge in [-0.1, -0.05) is 12.1 Å². The normalized spacial score (nSPS) is 12.2. The third kappa shape index (κ3) is 6.41. The molecule has 0 fully saturated rings. The summed E-state index contributed by atoms with van der Waals surface area (Å²) in [6.07, 6.45) is 8.62. The molecule has 0 saturated heterocycles. The first kappa shape index (κ1) is 19.0. The molecule has 0 amide bonds. The van der Waals surface area contributed by atoms with E-state index in [9.17, 15) is 4.79 Å². The van der Waals surface area contributed by atoms with Crippen LogP contribution in [0.25, 0.3) is 17.1 Å². The second kappa shape index (κ2) is 10.7. The zero-order valence-electron chi connectivity index (χ0n) is 13.2. The number of carboxylic acid groups (broad SMARTS) is 1. The van der Waals surface area contributed by atoms with Crippen molar-refractivity contribution in [3.63, 3.8) is 0 Å². The van der Waals surface area contributed by atoms with Crippen LogP contribution in [-0.4, -0.2) is 46.2 Å². The van der Waals surface area contributed by atoms with Crippen LogP contribution in [-0.2, 0) is 4.79 Å². The number of hydrogen-bond donors (Lipinski definition) is 5. The minimum Gasteiger partial charge on any atom is -0.480 e. The molecule has 1 aromatic carbocycles. The molecule has 2 rings (SSSR count). The molecule has 0 bridgehead atoms. The second-order valence-electron chi connectivity index (χ2n) is 4.79. The lowest BCUT2D eigenvalue weighted by Crippen LogP contribution is -2.19. The minimum absolute atomic E-state index is 0.455. The number of allylic oxidation sites excluding steroid dienone is 1. The number of nitrogens with two attached hydrogens (primary N) is 2. The number of benzene rings is 1. The minimum atomic E-state index is -0.924. The summed E-state index contributed by atoms with van der Waals surface area (Å²) in [6.45, 7) is 0.472. The van der Waals surface area contributed by atoms with E-state index in [1.54, 1.807) is 12.4 Å². The van der Waals surface area contributed by atoms with Crippen molar-refractivity contribution in [1.29, 1.82) is 5.41 Å². The fraction of sp³-hybridized carbons (Fsp3) is 0.250. The summed E-state index contributed by atoms with van der Waals surface area (Å²) in [6, 6.07) is 5.10. The van der Waals surface area contributed by atoms with Crippen LogP contribution in [0.5, 0.6) is 0 Å². The van der Waals surface area contributed by atoms with Crippen molar-refractivity contribution < 1.29 is 9.90 Å². The van der Waals surface area contributed by atoms with Crippen LogP contribution in [0.1, 0.15) is 18.4 Å². The molecule has 1 unspecified atom stereocenters. The van der Waals surface area contributed by atoms with Crippen LogP contribution in [0.15, 0.2) is 35.6 Å². The number of aliphatic imine (C=N–C) groups is 1. The summed E-state index contributed by atoms with van der Waals surface area (Å²) < 4.78 is 0. The van der Waals surface area contributed by atoms with Gasteiger partial charge >= 0.3 is 5.97 Å². The van der Waals surface area contributed by atoms with E-state index in [-0.39, 0.29) is 0 Å². The molecule has 1 heterocycles. The lowest BCUT2D eigenvalue weighted by molar-refractivity contribution is -0.138. The van der Waals surface area contributed by atoms with Gasteiger partial charge in [-0.25, -0.2) is 9.78 Å². The van der Waals surface area contributed by atoms with Gasteiger partial charge in [0.15, 0.2) is 0 Å². The van der Waals surface area contributed by atoms with Crippen molar-refractivity contribution in [2.75, 3.05) is 6.54 Å². The Bertz CT molecular complexity index is 707. The molecule has 2 aromatic rings. The van der Waals surface area contributed by atoms with Crippen LogP contribution in [0, 0.1) is 5.41 Å². The highest BCUT2D eigenvalue weighted by molar-refractivity contribution is 5.84. The number of imidazole rings is 1. The van der Waals surface area contributed by atoms with Gasteiger partial charge in [0.2, 0.25) is 0 Å². The Hall–Kier alpha value is -3.00. The lowest BCUT2D eigenvalue weighted by Gasteiger charge is -2.04. The van der Waals surface area contributed by atoms with E-state index in [1.165, 1.54) is 6.21 Å². The zero-order chi connectivity index (χ0) is 17.8. The predicted molar refractivity (Wildman–Crippen MR) is 96.3 cm³/mol. The first-order valence-corrected chi connectivity index (χ1v) is 7.39. The Labute approximate surface area is 139 Å². The summed E-state index contributed by atoms with van der Waals surface area (Å²) in [5.41, 5.74) is 12.6. The Balaban J connectivity index is 0.000000891. The Kier molecular flexibility index (Phi) is 8.48. The van der Waals surface area contributed by atoms with Crippen LogP contribution < -0.4 is 11.5 Å². The summed E-state index contributed by atoms with van der Waals surface area (Å²) in [7, 11) is 0. The highest BCUT2D eigenvalue weighted by Crippen LogP contribution is 2.12. The Morgan fingerprint density at radius 2 is 2.25 bits per heavy atom. The molecule has 0 spiro atoms. The molecule has 8 heteroatoms. The van der Waals surface area contributed by atoms with E-state index in [1.807, 2.05) is 24.3 Å². The monoisotopic (exact) mass is 330 g/mol. The molecule has 0 aliphatic rings. The SMILES string of the molecule is N=CN.NCCCC(N=C/C=C/c1ccc2nc[nH]c2c1)C(=O)O. The molecule has 24 heavy (non-hydrogen) atoms. The summed E-state index contributed by atoms with van der Waals surface area (Å²) in [5, 5.41) is 14.9. The summed E-state index contributed by atoms with van der Waals surface area (Å²) in [5.74, 6) is -0.924. The third-order valence-electron chi connectivity index (χ3n) is 3.05. The van der Waals surface area contributed by atoms with Crippen molar-refractivity contribution in [1.82, 2.24) is 9.97 Å². The average Bonchev–Trinajstić information content (AvgIpc) is 3.02. The van der Waals surface area contributed by atoms with Crippen LogP contribution in [0.3, 0.4) is 0 Å². The van der Waals surface area contributed by atoms with E-state index in [0.29, 0.717) is 19.4 Å². The van der Waals surface area contributed by atoms with Crippen molar-refractivity contribution in [2.45, 2.75) is 18.9 Å². The molecular weight excluding hydrogens is 308 g/mol. The number of carbonyl (C=O) groups is 1. The van der Waals surface area contributed by atoms with Crippen LogP contribution >= 0.6 is 0 Å². The number of aromatic amines is 1. The molecule has 1 aromatic heterocycles. The maximum Gasteiger partial charge on any atom is 0.328 e. The van der Waals surface area contributed by atoms with Crippen molar-refractivity contribution in [3.8, 4) is 0 Å². The molecule has 0 aliphatic carbocycles. The number of aliphatic carboxylic acids is 1. The van der Waals surface area contributed by atoms with Gasteiger partial charge in [0.05, 0.1) is 23.7 Å². The van der Waals surface area contributed by atoms with E-state index >= 15 is 0 Å². The Morgan fingerprint density at radius 1 is 1.50 bits per heavy atom. The van der Waals surface area contributed by atoms with Gasteiger partial charge in [-0.3, -0.25) is 10.4 Å². The number of hydrogen-bond acceptors (Lipinski definition) is 5. The number of carboxylic acids is 1. The van der Waals surface area contributed by atoms with Gasteiger partial charge in [0.25, 0.3) is 0 Å². The van der Waals surface area contributed by atoms with Gasteiger partial charge in [-0.15, -0.1) is 0 Å². The van der Waals surface area contributed by atoms with Crippen LogP contribution in [0.4, 0.5) is 0 Å². The number of nitrogens with one attached hydrogen (secondary N) is 2. The number of fused-ring (bicyclic) bond motifs is 1. The smallest absolute Gasteiger partial charge is 0.328 e. The zero-order valence-corrected chi connectivity index (χ0v) is 13.2. The van der Waals surface area contributed by atoms with Crippen molar-refractivity contribution in [2.24, 2.45) is 16.5 Å². The van der Waals surface area contributed by atoms with Crippen LogP contribution in [0.2, 0.25) is 0 Å². The molecule has 1 atom stereocenters. The first-order chi connectivity index (χ1) is 11.6. The average molecular weight is 330 g/mol. The van der Waals surface area contributed by atoms with E-state index in [2.05, 4.69) is 20.7 Å². The molecule has 128 valence electrons. The second-order valence-corrected chi connectivity index (χ2v) is 4.79. The molecule has 0 aliphatic heterocycles. The topological polar surface area (TPSA) is 154 Å². The third-order valence-corrected chi connectivity index (χ3v) is 3.05. The summed E-state index contributed by atoms with van der Waals surface area (Å²) in [4.78, 5) is 22.2. The lowest BCUT2D eigenvalue weighted by atomic mass is 10.1. The number of rotatable bonds is 7. The quantitative estimate of drug-likeness (QED) is 0.383.